The standard InChI is InChI=1S/C22H27NO3S/c1-4-6-14-22(5-2)16-27(24,25)20-15-18(26-3)12-13-19(20)21(23-22)17-10-8-7-9-11-17/h6-15,21,23H,4-5,16H2,1-3H3/b14-6+. The molecule has 1 N–H and O–H groups in total. The number of hydrogen-bond acceptors (Lipinski definition) is 4. The van der Waals surface area contributed by atoms with Crippen LogP contribution in [0.4, 0.5) is 0 Å². The highest BCUT2D eigenvalue weighted by Crippen LogP contribution is 2.38. The average molecular weight is 386 g/mol. The lowest BCUT2D eigenvalue weighted by Crippen LogP contribution is -2.48. The molecule has 4 nitrogen and oxygen atoms in total. The molecule has 0 saturated carbocycles. The number of rotatable bonds is 5. The molecule has 2 unspecified atom stereocenters. The Hall–Kier alpha value is -2.11. The van der Waals surface area contributed by atoms with Gasteiger partial charge in [0.1, 0.15) is 5.75 Å². The maximum atomic E-state index is 13.3. The van der Waals surface area contributed by atoms with Gasteiger partial charge in [0.2, 0.25) is 0 Å². The maximum absolute atomic E-state index is 13.3. The van der Waals surface area contributed by atoms with Gasteiger partial charge in [0.15, 0.2) is 9.84 Å². The van der Waals surface area contributed by atoms with Crippen molar-refractivity contribution in [1.82, 2.24) is 5.32 Å². The second kappa shape index (κ2) is 7.87. The second-order valence-corrected chi connectivity index (χ2v) is 8.93. The third-order valence-electron chi connectivity index (χ3n) is 5.18. The Morgan fingerprint density at radius 3 is 2.56 bits per heavy atom. The molecule has 2 atom stereocenters. The molecule has 0 saturated heterocycles. The largest absolute Gasteiger partial charge is 0.497 e. The molecule has 1 aliphatic rings. The number of methoxy groups -OCH3 is 1. The highest BCUT2D eigenvalue weighted by Gasteiger charge is 2.40. The van der Waals surface area contributed by atoms with Gasteiger partial charge in [-0.05, 0) is 36.1 Å². The van der Waals surface area contributed by atoms with Crippen LogP contribution in [0.15, 0.2) is 65.6 Å². The van der Waals surface area contributed by atoms with Crippen LogP contribution < -0.4 is 10.1 Å². The van der Waals surface area contributed by atoms with E-state index in [1.165, 1.54) is 0 Å². The molecule has 0 aliphatic carbocycles. The van der Waals surface area contributed by atoms with E-state index in [1.54, 1.807) is 13.2 Å². The summed E-state index contributed by atoms with van der Waals surface area (Å²) in [5.41, 5.74) is 1.19. The zero-order chi connectivity index (χ0) is 19.5. The van der Waals surface area contributed by atoms with E-state index in [0.717, 1.165) is 17.5 Å². The molecular formula is C22H27NO3S. The molecule has 1 aliphatic heterocycles. The van der Waals surface area contributed by atoms with Crippen molar-refractivity contribution in [2.45, 2.75) is 43.2 Å². The van der Waals surface area contributed by atoms with Crippen molar-refractivity contribution >= 4 is 9.84 Å². The van der Waals surface area contributed by atoms with Crippen LogP contribution >= 0.6 is 0 Å². The Morgan fingerprint density at radius 1 is 1.19 bits per heavy atom. The Bertz CT molecular complexity index is 922. The minimum atomic E-state index is -3.50. The average Bonchev–Trinajstić information content (AvgIpc) is 2.79. The van der Waals surface area contributed by atoms with Gasteiger partial charge in [0.05, 0.1) is 29.3 Å². The van der Waals surface area contributed by atoms with Crippen LogP contribution in [-0.4, -0.2) is 26.8 Å². The first-order chi connectivity index (χ1) is 12.9. The van der Waals surface area contributed by atoms with E-state index in [1.807, 2.05) is 61.5 Å². The molecule has 0 radical (unpaired) electrons. The number of allylic oxidation sites excluding steroid dienone is 1. The molecule has 2 aromatic rings. The van der Waals surface area contributed by atoms with Crippen molar-refractivity contribution < 1.29 is 13.2 Å². The highest BCUT2D eigenvalue weighted by atomic mass is 32.2. The summed E-state index contributed by atoms with van der Waals surface area (Å²) in [6.45, 7) is 4.08. The molecule has 1 heterocycles. The molecule has 0 bridgehead atoms. The third-order valence-corrected chi connectivity index (χ3v) is 7.10. The zero-order valence-electron chi connectivity index (χ0n) is 16.1. The molecule has 0 fully saturated rings. The van der Waals surface area contributed by atoms with E-state index in [0.29, 0.717) is 17.1 Å². The molecule has 5 heteroatoms. The van der Waals surface area contributed by atoms with Crippen LogP contribution in [0.2, 0.25) is 0 Å². The molecule has 0 aromatic heterocycles. The van der Waals surface area contributed by atoms with Crippen LogP contribution in [0.5, 0.6) is 5.75 Å². The number of nitrogens with one attached hydrogen (secondary N) is 1. The van der Waals surface area contributed by atoms with Crippen LogP contribution in [-0.2, 0) is 9.84 Å². The van der Waals surface area contributed by atoms with Crippen LogP contribution in [0.1, 0.15) is 43.9 Å². The van der Waals surface area contributed by atoms with Gasteiger partial charge >= 0.3 is 0 Å². The van der Waals surface area contributed by atoms with Crippen molar-refractivity contribution in [3.8, 4) is 5.75 Å². The smallest absolute Gasteiger partial charge is 0.180 e. The topological polar surface area (TPSA) is 55.4 Å². The lowest BCUT2D eigenvalue weighted by molar-refractivity contribution is 0.393. The zero-order valence-corrected chi connectivity index (χ0v) is 16.9. The summed E-state index contributed by atoms with van der Waals surface area (Å²) in [6.07, 6.45) is 5.62. The molecule has 27 heavy (non-hydrogen) atoms. The number of hydrogen-bond donors (Lipinski definition) is 1. The van der Waals surface area contributed by atoms with E-state index in [2.05, 4.69) is 12.2 Å². The number of ether oxygens (including phenoxy) is 1. The molecule has 0 amide bonds. The van der Waals surface area contributed by atoms with Crippen LogP contribution in [0.3, 0.4) is 0 Å². The number of sulfone groups is 1. The molecular weight excluding hydrogens is 358 g/mol. The van der Waals surface area contributed by atoms with Gasteiger partial charge < -0.3 is 4.74 Å². The highest BCUT2D eigenvalue weighted by molar-refractivity contribution is 7.91. The summed E-state index contributed by atoms with van der Waals surface area (Å²) < 4.78 is 32.0. The van der Waals surface area contributed by atoms with E-state index in [-0.39, 0.29) is 11.8 Å². The fraction of sp³-hybridized carbons (Fsp3) is 0.364. The van der Waals surface area contributed by atoms with Crippen molar-refractivity contribution in [3.63, 3.8) is 0 Å². The maximum Gasteiger partial charge on any atom is 0.180 e. The summed E-state index contributed by atoms with van der Waals surface area (Å²) in [5.74, 6) is 0.577. The minimum absolute atomic E-state index is 0.0243. The predicted molar refractivity (Wildman–Crippen MR) is 109 cm³/mol. The van der Waals surface area contributed by atoms with Gasteiger partial charge in [-0.15, -0.1) is 0 Å². The molecule has 3 rings (SSSR count). The number of fused-ring (bicyclic) bond motifs is 1. The minimum Gasteiger partial charge on any atom is -0.497 e. The summed E-state index contributed by atoms with van der Waals surface area (Å²) in [4.78, 5) is 0.350. The predicted octanol–water partition coefficient (Wildman–Crippen LogP) is 4.28. The fourth-order valence-corrected chi connectivity index (χ4v) is 5.70. The normalized spacial score (nSPS) is 24.3. The summed E-state index contributed by atoms with van der Waals surface area (Å²) in [5, 5.41) is 3.67. The first-order valence-electron chi connectivity index (χ1n) is 9.35. The Balaban J connectivity index is 2.25. The van der Waals surface area contributed by atoms with Crippen LogP contribution in [0.25, 0.3) is 0 Å². The van der Waals surface area contributed by atoms with E-state index >= 15 is 0 Å². The fourth-order valence-electron chi connectivity index (χ4n) is 3.64. The van der Waals surface area contributed by atoms with Crippen molar-refractivity contribution in [2.24, 2.45) is 0 Å². The molecule has 144 valence electrons. The second-order valence-electron chi connectivity index (χ2n) is 6.97. The van der Waals surface area contributed by atoms with Crippen molar-refractivity contribution in [2.75, 3.05) is 12.9 Å². The van der Waals surface area contributed by atoms with Crippen molar-refractivity contribution in [1.29, 1.82) is 0 Å². The lowest BCUT2D eigenvalue weighted by atomic mass is 9.91. The molecule has 0 spiro atoms. The molecule has 2 aromatic carbocycles. The Morgan fingerprint density at radius 2 is 1.93 bits per heavy atom. The summed E-state index contributed by atoms with van der Waals surface area (Å²) in [7, 11) is -1.94. The van der Waals surface area contributed by atoms with E-state index in [4.69, 9.17) is 4.74 Å². The van der Waals surface area contributed by atoms with E-state index < -0.39 is 15.4 Å². The van der Waals surface area contributed by atoms with Gasteiger partial charge in [0.25, 0.3) is 0 Å². The van der Waals surface area contributed by atoms with Gasteiger partial charge in [-0.1, -0.05) is 62.4 Å². The number of benzene rings is 2. The van der Waals surface area contributed by atoms with E-state index in [9.17, 15) is 8.42 Å². The van der Waals surface area contributed by atoms with Gasteiger partial charge in [-0.25, -0.2) is 8.42 Å². The first-order valence-corrected chi connectivity index (χ1v) is 11.0. The quantitative estimate of drug-likeness (QED) is 0.781. The van der Waals surface area contributed by atoms with Gasteiger partial charge in [-0.2, -0.15) is 0 Å². The summed E-state index contributed by atoms with van der Waals surface area (Å²) >= 11 is 0. The van der Waals surface area contributed by atoms with Gasteiger partial charge in [-0.3, -0.25) is 5.32 Å². The Kier molecular flexibility index (Phi) is 5.72. The monoisotopic (exact) mass is 385 g/mol. The SMILES string of the molecule is CC/C=C/C1(CC)CS(=O)(=O)c2cc(OC)ccc2C(c2ccccc2)N1. The third kappa shape index (κ3) is 3.94. The van der Waals surface area contributed by atoms with Gasteiger partial charge in [0, 0.05) is 0 Å². The van der Waals surface area contributed by atoms with Crippen molar-refractivity contribution in [3.05, 3.63) is 71.8 Å². The van der Waals surface area contributed by atoms with Crippen LogP contribution in [0, 0.1) is 0 Å². The Labute approximate surface area is 162 Å². The summed E-state index contributed by atoms with van der Waals surface area (Å²) in [6, 6.07) is 15.1. The lowest BCUT2D eigenvalue weighted by Gasteiger charge is -2.33. The first kappa shape index (κ1) is 19.6.